The Morgan fingerprint density at radius 3 is 2.62 bits per heavy atom. The van der Waals surface area contributed by atoms with E-state index in [0.717, 1.165) is 5.56 Å². The summed E-state index contributed by atoms with van der Waals surface area (Å²) < 4.78 is 30.2. The summed E-state index contributed by atoms with van der Waals surface area (Å²) in [7, 11) is 1.56. The second-order valence-corrected chi connectivity index (χ2v) is 8.93. The first-order valence-electron chi connectivity index (χ1n) is 8.54. The number of hydrogen-bond acceptors (Lipinski definition) is 8. The molecule has 0 unspecified atom stereocenters. The summed E-state index contributed by atoms with van der Waals surface area (Å²) in [6, 6.07) is 5.93. The number of aromatic amines is 1. The van der Waals surface area contributed by atoms with Crippen LogP contribution in [0.5, 0.6) is 5.75 Å². The average molecular weight is 434 g/mol. The van der Waals surface area contributed by atoms with Gasteiger partial charge in [-0.1, -0.05) is 0 Å². The zero-order valence-electron chi connectivity index (χ0n) is 15.4. The van der Waals surface area contributed by atoms with E-state index in [1.807, 2.05) is 13.8 Å². The Morgan fingerprint density at radius 1 is 1.24 bits per heavy atom. The van der Waals surface area contributed by atoms with Crippen LogP contribution in [0, 0.1) is 0 Å². The molecule has 0 atom stereocenters. The first kappa shape index (κ1) is 19.2. The zero-order chi connectivity index (χ0) is 20.6. The van der Waals surface area contributed by atoms with Crippen LogP contribution < -0.4 is 10.1 Å². The molecule has 0 radical (unpaired) electrons. The molecule has 0 aliphatic heterocycles. The number of nitrogens with zero attached hydrogens (tertiary/aromatic N) is 5. The van der Waals surface area contributed by atoms with Gasteiger partial charge in [-0.3, -0.25) is 5.10 Å². The lowest BCUT2D eigenvalue weighted by atomic mass is 10.2. The van der Waals surface area contributed by atoms with E-state index < -0.39 is 9.05 Å². The third-order valence-corrected chi connectivity index (χ3v) is 5.23. The molecule has 0 bridgehead atoms. The first-order valence-corrected chi connectivity index (χ1v) is 10.8. The van der Waals surface area contributed by atoms with Gasteiger partial charge in [0.15, 0.2) is 5.75 Å². The molecule has 4 aromatic rings. The highest BCUT2D eigenvalue weighted by molar-refractivity contribution is 8.13. The third-order valence-electron chi connectivity index (χ3n) is 3.86. The summed E-state index contributed by atoms with van der Waals surface area (Å²) in [5.74, 6) is 0.777. The molecule has 0 aliphatic rings. The van der Waals surface area contributed by atoms with Crippen LogP contribution in [0.15, 0.2) is 47.9 Å². The van der Waals surface area contributed by atoms with Gasteiger partial charge in [0, 0.05) is 28.1 Å². The van der Waals surface area contributed by atoms with E-state index in [-0.39, 0.29) is 11.0 Å². The normalized spacial score (nSPS) is 11.9. The molecule has 0 fully saturated rings. The smallest absolute Gasteiger partial charge is 0.261 e. The van der Waals surface area contributed by atoms with Crippen LogP contribution in [-0.2, 0) is 9.05 Å². The minimum atomic E-state index is -3.78. The van der Waals surface area contributed by atoms with E-state index in [1.165, 1.54) is 23.0 Å². The molecule has 10 nitrogen and oxygen atoms in total. The predicted octanol–water partition coefficient (Wildman–Crippen LogP) is 2.97. The number of benzene rings is 1. The largest absolute Gasteiger partial charge is 0.485 e. The van der Waals surface area contributed by atoms with Crippen molar-refractivity contribution in [2.24, 2.45) is 0 Å². The van der Waals surface area contributed by atoms with Crippen molar-refractivity contribution in [2.75, 3.05) is 5.32 Å². The van der Waals surface area contributed by atoms with Crippen LogP contribution in [0.2, 0.25) is 0 Å². The molecule has 4 rings (SSSR count). The van der Waals surface area contributed by atoms with E-state index in [2.05, 4.69) is 30.6 Å². The molecule has 0 saturated heterocycles. The quantitative estimate of drug-likeness (QED) is 0.444. The van der Waals surface area contributed by atoms with Gasteiger partial charge in [0.2, 0.25) is 11.6 Å². The molecule has 2 N–H and O–H groups in total. The van der Waals surface area contributed by atoms with E-state index in [1.54, 1.807) is 24.5 Å². The van der Waals surface area contributed by atoms with Crippen LogP contribution in [0.3, 0.4) is 0 Å². The maximum absolute atomic E-state index is 11.4. The Hall–Kier alpha value is -3.18. The van der Waals surface area contributed by atoms with Gasteiger partial charge in [-0.2, -0.15) is 14.6 Å². The molecule has 0 spiro atoms. The Kier molecular flexibility index (Phi) is 4.84. The lowest BCUT2D eigenvalue weighted by molar-refractivity contribution is 0.244. The summed E-state index contributed by atoms with van der Waals surface area (Å²) in [6.07, 6.45) is 4.79. The van der Waals surface area contributed by atoms with Crippen LogP contribution >= 0.6 is 10.7 Å². The maximum atomic E-state index is 11.4. The van der Waals surface area contributed by atoms with Crippen molar-refractivity contribution in [3.8, 4) is 17.0 Å². The van der Waals surface area contributed by atoms with Gasteiger partial charge >= 0.3 is 0 Å². The fourth-order valence-corrected chi connectivity index (χ4v) is 3.42. The Morgan fingerprint density at radius 2 is 2.00 bits per heavy atom. The van der Waals surface area contributed by atoms with Gasteiger partial charge in [0.1, 0.15) is 12.0 Å². The second kappa shape index (κ2) is 7.33. The SMILES string of the molecule is CC(C)Oc1c(-c2cn[nH]c2)ncn2nc(Nc3ccc(S(=O)(=O)Cl)cc3)nc12. The van der Waals surface area contributed by atoms with Gasteiger partial charge in [0.25, 0.3) is 9.05 Å². The highest BCUT2D eigenvalue weighted by atomic mass is 35.7. The number of anilines is 2. The van der Waals surface area contributed by atoms with Crippen molar-refractivity contribution >= 4 is 37.0 Å². The molecule has 29 heavy (non-hydrogen) atoms. The van der Waals surface area contributed by atoms with Gasteiger partial charge in [-0.05, 0) is 38.1 Å². The number of H-pyrrole nitrogens is 1. The lowest BCUT2D eigenvalue weighted by Crippen LogP contribution is -2.09. The fourth-order valence-electron chi connectivity index (χ4n) is 2.65. The summed E-state index contributed by atoms with van der Waals surface area (Å²) in [6.45, 7) is 3.81. The lowest BCUT2D eigenvalue weighted by Gasteiger charge is -2.12. The monoisotopic (exact) mass is 433 g/mol. The summed E-state index contributed by atoms with van der Waals surface area (Å²) in [5.41, 5.74) is 2.43. The van der Waals surface area contributed by atoms with Crippen molar-refractivity contribution in [3.05, 3.63) is 43.0 Å². The van der Waals surface area contributed by atoms with Crippen LogP contribution in [0.25, 0.3) is 16.9 Å². The summed E-state index contributed by atoms with van der Waals surface area (Å²) in [4.78, 5) is 8.94. The van der Waals surface area contributed by atoms with Crippen LogP contribution in [0.1, 0.15) is 13.8 Å². The van der Waals surface area contributed by atoms with Crippen molar-refractivity contribution in [2.45, 2.75) is 24.8 Å². The van der Waals surface area contributed by atoms with E-state index in [9.17, 15) is 8.42 Å². The molecular weight excluding hydrogens is 418 g/mol. The second-order valence-electron chi connectivity index (χ2n) is 6.37. The summed E-state index contributed by atoms with van der Waals surface area (Å²) >= 11 is 0. The Labute approximate surface area is 170 Å². The standard InChI is InChI=1S/C17H16ClN7O3S/c1-10(2)28-15-14(11-7-20-21-8-11)19-9-25-16(15)23-17(24-25)22-12-3-5-13(6-4-12)29(18,26)27/h3-10H,1-2H3,(H,20,21)(H,22,24). The van der Waals surface area contributed by atoms with Gasteiger partial charge < -0.3 is 10.1 Å². The van der Waals surface area contributed by atoms with Crippen molar-refractivity contribution in [1.29, 1.82) is 0 Å². The average Bonchev–Trinajstić information content (AvgIpc) is 3.31. The topological polar surface area (TPSA) is 127 Å². The van der Waals surface area contributed by atoms with Gasteiger partial charge in [-0.25, -0.2) is 13.4 Å². The number of hydrogen-bond donors (Lipinski definition) is 2. The number of halogens is 1. The van der Waals surface area contributed by atoms with Gasteiger partial charge in [-0.15, -0.1) is 5.10 Å². The molecule has 0 saturated carbocycles. The molecule has 3 heterocycles. The summed E-state index contributed by atoms with van der Waals surface area (Å²) in [5, 5.41) is 14.1. The highest BCUT2D eigenvalue weighted by Gasteiger charge is 2.19. The third kappa shape index (κ3) is 4.00. The maximum Gasteiger partial charge on any atom is 0.261 e. The van der Waals surface area contributed by atoms with E-state index in [4.69, 9.17) is 15.4 Å². The predicted molar refractivity (Wildman–Crippen MR) is 107 cm³/mol. The molecule has 0 amide bonds. The number of rotatable bonds is 6. The van der Waals surface area contributed by atoms with Crippen molar-refractivity contribution < 1.29 is 13.2 Å². The molecular formula is C17H16ClN7O3S. The minimum absolute atomic E-state index is 0.00857. The Balaban J connectivity index is 1.72. The molecule has 150 valence electrons. The zero-order valence-corrected chi connectivity index (χ0v) is 16.9. The molecule has 12 heteroatoms. The van der Waals surface area contributed by atoms with E-state index in [0.29, 0.717) is 28.7 Å². The number of ether oxygens (including phenoxy) is 1. The number of fused-ring (bicyclic) bond motifs is 1. The fraction of sp³-hybridized carbons (Fsp3) is 0.176. The van der Waals surface area contributed by atoms with Crippen LogP contribution in [-0.4, -0.2) is 44.3 Å². The molecule has 0 aliphatic carbocycles. The first-order chi connectivity index (χ1) is 13.8. The Bertz CT molecular complexity index is 1250. The minimum Gasteiger partial charge on any atom is -0.485 e. The molecule has 1 aromatic carbocycles. The highest BCUT2D eigenvalue weighted by Crippen LogP contribution is 2.32. The van der Waals surface area contributed by atoms with Crippen molar-refractivity contribution in [1.82, 2.24) is 29.8 Å². The number of nitrogens with one attached hydrogen (secondary N) is 2. The number of aromatic nitrogens is 6. The van der Waals surface area contributed by atoms with Gasteiger partial charge in [0.05, 0.1) is 17.2 Å². The van der Waals surface area contributed by atoms with Crippen molar-refractivity contribution in [3.63, 3.8) is 0 Å². The molecule has 3 aromatic heterocycles. The van der Waals surface area contributed by atoms with E-state index >= 15 is 0 Å². The van der Waals surface area contributed by atoms with Crippen LogP contribution in [0.4, 0.5) is 11.6 Å².